The Kier molecular flexibility index (Phi) is 7.85. The highest BCUT2D eigenvalue weighted by Crippen LogP contribution is 2.39. The second-order valence-corrected chi connectivity index (χ2v) is 7.75. The standard InChI is InChI=1S/C27H12F6N4O2/c1-15-5-4-6-18(7-15)38-24-11-21(23(14-35)37-3)25(12-20(24)22(13-34)36-2)39-19-9-16(26(28,29)30)8-17(10-19)27(31,32)33/h4-12H,1H3. The first-order valence-electron chi connectivity index (χ1n) is 10.5. The summed E-state index contributed by atoms with van der Waals surface area (Å²) in [7, 11) is 0. The van der Waals surface area contributed by atoms with E-state index in [4.69, 9.17) is 22.6 Å². The number of alkyl halides is 6. The lowest BCUT2D eigenvalue weighted by atomic mass is 10.1. The molecule has 0 unspecified atom stereocenters. The summed E-state index contributed by atoms with van der Waals surface area (Å²) in [6, 6.07) is 12.3. The second-order valence-electron chi connectivity index (χ2n) is 7.75. The van der Waals surface area contributed by atoms with E-state index in [1.807, 2.05) is 0 Å². The van der Waals surface area contributed by atoms with Gasteiger partial charge in [-0.2, -0.15) is 26.3 Å². The third kappa shape index (κ3) is 6.46. The zero-order chi connectivity index (χ0) is 29.0. The second kappa shape index (κ2) is 10.9. The van der Waals surface area contributed by atoms with Crippen molar-refractivity contribution in [1.29, 1.82) is 10.5 Å². The summed E-state index contributed by atoms with van der Waals surface area (Å²) in [6.45, 7) is 16.4. The van der Waals surface area contributed by atoms with Crippen molar-refractivity contribution in [2.24, 2.45) is 0 Å². The van der Waals surface area contributed by atoms with Gasteiger partial charge >= 0.3 is 12.4 Å². The molecule has 0 aromatic heterocycles. The van der Waals surface area contributed by atoms with Crippen molar-refractivity contribution in [1.82, 2.24) is 0 Å². The van der Waals surface area contributed by atoms with Gasteiger partial charge in [-0.1, -0.05) is 12.1 Å². The monoisotopic (exact) mass is 538 g/mol. The smallest absolute Gasteiger partial charge is 0.416 e. The Labute approximate surface area is 217 Å². The Morgan fingerprint density at radius 2 is 1.18 bits per heavy atom. The fraction of sp³-hybridized carbons (Fsp3) is 0.111. The van der Waals surface area contributed by atoms with Crippen molar-refractivity contribution < 1.29 is 35.8 Å². The molecule has 12 heteroatoms. The van der Waals surface area contributed by atoms with E-state index in [9.17, 15) is 36.9 Å². The van der Waals surface area contributed by atoms with Crippen LogP contribution in [0.5, 0.6) is 23.0 Å². The summed E-state index contributed by atoms with van der Waals surface area (Å²) < 4.78 is 91.2. The third-order valence-corrected chi connectivity index (χ3v) is 5.03. The summed E-state index contributed by atoms with van der Waals surface area (Å²) in [5.41, 5.74) is -3.74. The number of hydrogen-bond acceptors (Lipinski definition) is 4. The molecule has 0 heterocycles. The molecule has 6 nitrogen and oxygen atoms in total. The molecule has 0 aliphatic heterocycles. The Morgan fingerprint density at radius 3 is 1.56 bits per heavy atom. The predicted octanol–water partition coefficient (Wildman–Crippen LogP) is 6.72. The van der Waals surface area contributed by atoms with E-state index in [2.05, 4.69) is 9.69 Å². The largest absolute Gasteiger partial charge is 0.458 e. The number of ether oxygens (including phenoxy) is 2. The Bertz CT molecular complexity index is 1680. The summed E-state index contributed by atoms with van der Waals surface area (Å²) in [4.78, 5) is 6.14. The van der Waals surface area contributed by atoms with Crippen LogP contribution in [-0.2, 0) is 12.4 Å². The Hall–Kier alpha value is -5.46. The van der Waals surface area contributed by atoms with Crippen molar-refractivity contribution in [2.45, 2.75) is 19.3 Å². The molecule has 0 radical (unpaired) electrons. The quantitative estimate of drug-likeness (QED) is 0.273. The minimum Gasteiger partial charge on any atom is -0.458 e. The van der Waals surface area contributed by atoms with Crippen LogP contribution in [0.15, 0.2) is 54.6 Å². The molecule has 0 aliphatic carbocycles. The number of hydrogen-bond donors (Lipinski definition) is 0. The molecule has 0 aliphatic rings. The normalized spacial score (nSPS) is 12.7. The average Bonchev–Trinajstić information content (AvgIpc) is 2.86. The van der Waals surface area contributed by atoms with Gasteiger partial charge in [-0.3, -0.25) is 0 Å². The van der Waals surface area contributed by atoms with Crippen LogP contribution in [-0.4, -0.2) is 0 Å². The number of nitrogens with zero attached hydrogens (tertiary/aromatic N) is 4. The Morgan fingerprint density at radius 1 is 0.718 bits per heavy atom. The summed E-state index contributed by atoms with van der Waals surface area (Å²) in [5, 5.41) is 18.3. The van der Waals surface area contributed by atoms with Crippen LogP contribution in [0.4, 0.5) is 26.3 Å². The predicted molar refractivity (Wildman–Crippen MR) is 125 cm³/mol. The molecule has 0 N–H and O–H groups in total. The maximum atomic E-state index is 13.3. The lowest BCUT2D eigenvalue weighted by molar-refractivity contribution is -0.143. The summed E-state index contributed by atoms with van der Waals surface area (Å²) >= 11 is 0. The van der Waals surface area contributed by atoms with Crippen LogP contribution in [0.3, 0.4) is 0 Å². The first-order valence-corrected chi connectivity index (χ1v) is 10.5. The number of halogens is 6. The molecule has 194 valence electrons. The van der Waals surface area contributed by atoms with E-state index in [-0.39, 0.29) is 28.0 Å². The molecule has 3 aromatic rings. The first kappa shape index (κ1) is 28.1. The lowest BCUT2D eigenvalue weighted by Gasteiger charge is -2.16. The third-order valence-electron chi connectivity index (χ3n) is 5.03. The highest BCUT2D eigenvalue weighted by molar-refractivity contribution is 5.72. The average molecular weight is 538 g/mol. The highest BCUT2D eigenvalue weighted by atomic mass is 19.4. The van der Waals surface area contributed by atoms with Crippen molar-refractivity contribution in [2.75, 3.05) is 0 Å². The van der Waals surface area contributed by atoms with Crippen molar-refractivity contribution in [3.63, 3.8) is 0 Å². The van der Waals surface area contributed by atoms with E-state index >= 15 is 0 Å². The van der Waals surface area contributed by atoms with E-state index in [1.165, 1.54) is 6.07 Å². The topological polar surface area (TPSA) is 74.8 Å². The molecule has 0 fully saturated rings. The van der Waals surface area contributed by atoms with Gasteiger partial charge in [0.25, 0.3) is 11.4 Å². The molecular formula is C27H12F6N4O2. The number of aryl methyl sites for hydroxylation is 1. The SMILES string of the molecule is [C-]#[N+]C(C#N)=c1cc(Oc2cc(C(F)(F)F)cc(C(F)(F)F)c2)c(=C(C#N)[N+]#[C-])cc1Oc1cccc(C)c1. The fourth-order valence-corrected chi connectivity index (χ4v) is 3.31. The summed E-state index contributed by atoms with van der Waals surface area (Å²) in [5.74, 6) is -1.42. The number of rotatable bonds is 4. The van der Waals surface area contributed by atoms with Gasteiger partial charge in [-0.05, 0) is 55.0 Å². The van der Waals surface area contributed by atoms with Crippen LogP contribution >= 0.6 is 0 Å². The van der Waals surface area contributed by atoms with Gasteiger partial charge in [-0.15, -0.1) is 0 Å². The van der Waals surface area contributed by atoms with Crippen LogP contribution in [0.1, 0.15) is 16.7 Å². The molecular weight excluding hydrogens is 526 g/mol. The van der Waals surface area contributed by atoms with E-state index in [0.29, 0.717) is 12.1 Å². The molecule has 0 amide bonds. The van der Waals surface area contributed by atoms with E-state index < -0.39 is 46.4 Å². The number of benzene rings is 3. The van der Waals surface area contributed by atoms with E-state index in [1.54, 1.807) is 37.3 Å². The molecule has 0 saturated heterocycles. The van der Waals surface area contributed by atoms with Gasteiger partial charge in [0.1, 0.15) is 23.0 Å². The van der Waals surface area contributed by atoms with Crippen LogP contribution in [0.2, 0.25) is 0 Å². The highest BCUT2D eigenvalue weighted by Gasteiger charge is 2.37. The van der Waals surface area contributed by atoms with Gasteiger partial charge < -0.3 is 9.47 Å². The molecule has 39 heavy (non-hydrogen) atoms. The van der Waals surface area contributed by atoms with Gasteiger partial charge in [0, 0.05) is 10.4 Å². The van der Waals surface area contributed by atoms with E-state index in [0.717, 1.165) is 17.7 Å². The summed E-state index contributed by atoms with van der Waals surface area (Å²) in [6.07, 6.45) is -10.3. The fourth-order valence-electron chi connectivity index (χ4n) is 3.31. The zero-order valence-corrected chi connectivity index (χ0v) is 19.6. The lowest BCUT2D eigenvalue weighted by Crippen LogP contribution is -2.18. The van der Waals surface area contributed by atoms with Crippen molar-refractivity contribution in [3.05, 3.63) is 105 Å². The van der Waals surface area contributed by atoms with Crippen LogP contribution < -0.4 is 19.9 Å². The molecule has 3 aromatic carbocycles. The van der Waals surface area contributed by atoms with Gasteiger partial charge in [0.05, 0.1) is 36.4 Å². The maximum absolute atomic E-state index is 13.3. The molecule has 0 atom stereocenters. The van der Waals surface area contributed by atoms with Crippen molar-refractivity contribution in [3.8, 4) is 35.1 Å². The minimum absolute atomic E-state index is 0.0928. The first-order chi connectivity index (χ1) is 18.3. The van der Waals surface area contributed by atoms with Gasteiger partial charge in [-0.25, -0.2) is 20.2 Å². The van der Waals surface area contributed by atoms with Gasteiger partial charge in [0.15, 0.2) is 0 Å². The minimum atomic E-state index is -5.16. The molecule has 3 rings (SSSR count). The maximum Gasteiger partial charge on any atom is 0.416 e. The Balaban J connectivity index is 2.38. The van der Waals surface area contributed by atoms with Gasteiger partial charge in [0.2, 0.25) is 0 Å². The molecule has 0 spiro atoms. The number of nitriles is 2. The van der Waals surface area contributed by atoms with Crippen molar-refractivity contribution >= 4 is 11.4 Å². The molecule has 0 saturated carbocycles. The van der Waals surface area contributed by atoms with Crippen LogP contribution in [0, 0.1) is 42.7 Å². The zero-order valence-electron chi connectivity index (χ0n) is 19.6. The van der Waals surface area contributed by atoms with Crippen LogP contribution in [0.25, 0.3) is 21.1 Å². The molecule has 0 bridgehead atoms.